The van der Waals surface area contributed by atoms with Crippen molar-refractivity contribution >= 4 is 40.6 Å². The predicted octanol–water partition coefficient (Wildman–Crippen LogP) is 0.847. The van der Waals surface area contributed by atoms with Gasteiger partial charge >= 0.3 is 11.9 Å². The van der Waals surface area contributed by atoms with Crippen molar-refractivity contribution in [2.75, 3.05) is 27.1 Å². The quantitative estimate of drug-likeness (QED) is 0.297. The number of esters is 2. The van der Waals surface area contributed by atoms with Crippen LogP contribution in [0.25, 0.3) is 22.6 Å². The Bertz CT molecular complexity index is 1270. The Hall–Kier alpha value is -3.74. The third kappa shape index (κ3) is 3.99. The molecule has 3 aromatic heterocycles. The Morgan fingerprint density at radius 1 is 1.00 bits per heavy atom. The molecule has 0 aliphatic heterocycles. The van der Waals surface area contributed by atoms with Gasteiger partial charge in [0, 0.05) is 0 Å². The highest BCUT2D eigenvalue weighted by Crippen LogP contribution is 2.24. The van der Waals surface area contributed by atoms with Gasteiger partial charge in [0.2, 0.25) is 5.16 Å². The summed E-state index contributed by atoms with van der Waals surface area (Å²) < 4.78 is 17.7. The Balaban J connectivity index is 1.87. The molecule has 31 heavy (non-hydrogen) atoms. The summed E-state index contributed by atoms with van der Waals surface area (Å²) in [6.45, 7) is 0. The first-order valence-electron chi connectivity index (χ1n) is 8.96. The van der Waals surface area contributed by atoms with E-state index in [0.717, 1.165) is 11.8 Å². The largest absolute Gasteiger partial charge is 0.497 e. The number of rotatable bonds is 7. The normalized spacial score (nSPS) is 11.1. The van der Waals surface area contributed by atoms with Crippen molar-refractivity contribution in [1.82, 2.24) is 34.6 Å². The zero-order valence-electron chi connectivity index (χ0n) is 16.8. The van der Waals surface area contributed by atoms with E-state index >= 15 is 0 Å². The first-order chi connectivity index (χ1) is 15.0. The van der Waals surface area contributed by atoms with Gasteiger partial charge in [-0.15, -0.1) is 15.3 Å². The topological polar surface area (TPSA) is 136 Å². The van der Waals surface area contributed by atoms with Crippen LogP contribution in [0.3, 0.4) is 0 Å². The molecule has 4 rings (SSSR count). The molecular weight excluding hydrogens is 426 g/mol. The fraction of sp³-hybridized carbons (Fsp3) is 0.278. The summed E-state index contributed by atoms with van der Waals surface area (Å²) >= 11 is 1.11. The molecule has 0 atom stereocenters. The number of carbonyl (C=O) groups is 2. The molecule has 0 spiro atoms. The van der Waals surface area contributed by atoms with Crippen molar-refractivity contribution in [1.29, 1.82) is 0 Å². The Morgan fingerprint density at radius 2 is 1.74 bits per heavy atom. The average Bonchev–Trinajstić information content (AvgIpc) is 3.38. The van der Waals surface area contributed by atoms with E-state index < -0.39 is 11.9 Å². The van der Waals surface area contributed by atoms with Crippen LogP contribution in [0.4, 0.5) is 0 Å². The Morgan fingerprint density at radius 3 is 2.42 bits per heavy atom. The summed E-state index contributed by atoms with van der Waals surface area (Å²) in [5, 5.41) is 17.6. The SMILES string of the molecule is COC(=O)CSc1nc2nnc3c(CC(=O)OC)nn(-c4ccc(OC)cc4)c3n2n1. The van der Waals surface area contributed by atoms with E-state index in [2.05, 4.69) is 30.1 Å². The summed E-state index contributed by atoms with van der Waals surface area (Å²) in [6.07, 6.45) is -0.0883. The van der Waals surface area contributed by atoms with Crippen molar-refractivity contribution in [3.05, 3.63) is 30.0 Å². The molecule has 13 heteroatoms. The van der Waals surface area contributed by atoms with E-state index in [1.165, 1.54) is 18.7 Å². The molecule has 0 N–H and O–H groups in total. The summed E-state index contributed by atoms with van der Waals surface area (Å²) in [5.74, 6) is 0.0936. The zero-order valence-corrected chi connectivity index (χ0v) is 17.6. The average molecular weight is 443 g/mol. The number of benzene rings is 1. The smallest absolute Gasteiger partial charge is 0.316 e. The van der Waals surface area contributed by atoms with Gasteiger partial charge in [-0.2, -0.15) is 14.6 Å². The molecule has 12 nitrogen and oxygen atoms in total. The van der Waals surface area contributed by atoms with E-state index in [4.69, 9.17) is 9.47 Å². The van der Waals surface area contributed by atoms with E-state index in [9.17, 15) is 9.59 Å². The number of thioether (sulfide) groups is 1. The van der Waals surface area contributed by atoms with Gasteiger partial charge in [0.25, 0.3) is 5.78 Å². The lowest BCUT2D eigenvalue weighted by Crippen LogP contribution is -2.06. The second-order valence-corrected chi connectivity index (χ2v) is 7.10. The number of hydrogen-bond donors (Lipinski definition) is 0. The molecule has 0 saturated heterocycles. The number of methoxy groups -OCH3 is 3. The summed E-state index contributed by atoms with van der Waals surface area (Å²) in [5.41, 5.74) is 1.91. The van der Waals surface area contributed by atoms with Crippen LogP contribution in [-0.4, -0.2) is 73.6 Å². The van der Waals surface area contributed by atoms with Crippen LogP contribution in [0.1, 0.15) is 5.69 Å². The predicted molar refractivity (Wildman–Crippen MR) is 108 cm³/mol. The third-order valence-corrected chi connectivity index (χ3v) is 5.13. The highest BCUT2D eigenvalue weighted by atomic mass is 32.2. The molecule has 0 amide bonds. The van der Waals surface area contributed by atoms with Crippen LogP contribution >= 0.6 is 11.8 Å². The highest BCUT2D eigenvalue weighted by Gasteiger charge is 2.22. The number of fused-ring (bicyclic) bond motifs is 3. The minimum absolute atomic E-state index is 0.0509. The van der Waals surface area contributed by atoms with E-state index in [1.54, 1.807) is 23.9 Å². The van der Waals surface area contributed by atoms with Gasteiger partial charge in [-0.25, -0.2) is 4.68 Å². The van der Waals surface area contributed by atoms with Gasteiger partial charge in [-0.05, 0) is 24.3 Å². The first kappa shape index (κ1) is 20.5. The van der Waals surface area contributed by atoms with Gasteiger partial charge < -0.3 is 14.2 Å². The van der Waals surface area contributed by atoms with Crippen LogP contribution in [0.5, 0.6) is 5.75 Å². The number of nitrogens with zero attached hydrogens (tertiary/aromatic N) is 7. The lowest BCUT2D eigenvalue weighted by molar-refractivity contribution is -0.140. The Labute approximate surface area is 179 Å². The molecule has 0 radical (unpaired) electrons. The fourth-order valence-electron chi connectivity index (χ4n) is 2.80. The summed E-state index contributed by atoms with van der Waals surface area (Å²) in [6, 6.07) is 7.19. The summed E-state index contributed by atoms with van der Waals surface area (Å²) in [4.78, 5) is 27.6. The molecule has 0 saturated carbocycles. The van der Waals surface area contributed by atoms with Crippen molar-refractivity contribution in [2.45, 2.75) is 11.6 Å². The lowest BCUT2D eigenvalue weighted by atomic mass is 10.3. The lowest BCUT2D eigenvalue weighted by Gasteiger charge is -2.05. The van der Waals surface area contributed by atoms with Crippen LogP contribution in [0.2, 0.25) is 0 Å². The van der Waals surface area contributed by atoms with Crippen molar-refractivity contribution in [2.24, 2.45) is 0 Å². The number of aromatic nitrogens is 7. The van der Waals surface area contributed by atoms with Crippen molar-refractivity contribution in [3.63, 3.8) is 0 Å². The minimum atomic E-state index is -0.462. The molecule has 1 aromatic carbocycles. The maximum atomic E-state index is 11.9. The van der Waals surface area contributed by atoms with Gasteiger partial charge in [0.05, 0.1) is 39.2 Å². The molecular formula is C18H17N7O5S. The van der Waals surface area contributed by atoms with E-state index in [-0.39, 0.29) is 18.0 Å². The molecule has 4 aromatic rings. The van der Waals surface area contributed by atoms with Crippen LogP contribution < -0.4 is 4.74 Å². The maximum Gasteiger partial charge on any atom is 0.316 e. The van der Waals surface area contributed by atoms with E-state index in [1.807, 2.05) is 12.1 Å². The highest BCUT2D eigenvalue weighted by molar-refractivity contribution is 7.99. The van der Waals surface area contributed by atoms with Crippen LogP contribution in [-0.2, 0) is 25.5 Å². The molecule has 160 valence electrons. The first-order valence-corrected chi connectivity index (χ1v) is 9.94. The third-order valence-electron chi connectivity index (χ3n) is 4.32. The standard InChI is InChI=1S/C18H17N7O5S/c1-28-11-6-4-10(5-7-11)24-16-15(12(22-24)8-13(26)29-2)20-21-17-19-18(23-25(16)17)31-9-14(27)30-3/h4-7H,8-9H2,1-3H3. The molecule has 0 aliphatic carbocycles. The summed E-state index contributed by atoms with van der Waals surface area (Å²) in [7, 11) is 4.19. The molecule has 0 bridgehead atoms. The number of hydrogen-bond acceptors (Lipinski definition) is 11. The Kier molecular flexibility index (Phi) is 5.66. The van der Waals surface area contributed by atoms with Gasteiger partial charge in [0.1, 0.15) is 11.4 Å². The van der Waals surface area contributed by atoms with Crippen molar-refractivity contribution in [3.8, 4) is 11.4 Å². The second kappa shape index (κ2) is 8.55. The van der Waals surface area contributed by atoms with Crippen LogP contribution in [0, 0.1) is 0 Å². The zero-order chi connectivity index (χ0) is 22.0. The number of ether oxygens (including phenoxy) is 3. The number of carbonyl (C=O) groups excluding carboxylic acids is 2. The van der Waals surface area contributed by atoms with Gasteiger partial charge in [-0.1, -0.05) is 11.8 Å². The molecule has 3 heterocycles. The molecule has 0 fully saturated rings. The fourth-order valence-corrected chi connectivity index (χ4v) is 3.45. The van der Waals surface area contributed by atoms with Crippen LogP contribution in [0.15, 0.2) is 29.4 Å². The van der Waals surface area contributed by atoms with Crippen molar-refractivity contribution < 1.29 is 23.8 Å². The van der Waals surface area contributed by atoms with E-state index in [0.29, 0.717) is 33.5 Å². The van der Waals surface area contributed by atoms with Gasteiger partial charge in [-0.3, -0.25) is 9.59 Å². The molecule has 0 unspecified atom stereocenters. The maximum absolute atomic E-state index is 11.9. The second-order valence-electron chi connectivity index (χ2n) is 6.15. The minimum Gasteiger partial charge on any atom is -0.497 e. The monoisotopic (exact) mass is 443 g/mol. The van der Waals surface area contributed by atoms with Gasteiger partial charge in [0.15, 0.2) is 11.2 Å². The molecule has 0 aliphatic rings.